The summed E-state index contributed by atoms with van der Waals surface area (Å²) in [7, 11) is 0. The first kappa shape index (κ1) is 12.0. The number of hydrogen-bond acceptors (Lipinski definition) is 3. The van der Waals surface area contributed by atoms with Gasteiger partial charge in [0.1, 0.15) is 6.61 Å². The molecule has 0 aliphatic rings. The van der Waals surface area contributed by atoms with E-state index in [1.165, 1.54) is 11.5 Å². The van der Waals surface area contributed by atoms with Gasteiger partial charge in [-0.3, -0.25) is 10.2 Å². The van der Waals surface area contributed by atoms with Gasteiger partial charge in [-0.25, -0.2) is 5.84 Å². The minimum atomic E-state index is -3.57. The van der Waals surface area contributed by atoms with Crippen LogP contribution in [-0.2, 0) is 9.53 Å². The highest BCUT2D eigenvalue weighted by Gasteiger charge is 2.38. The van der Waals surface area contributed by atoms with Crippen molar-refractivity contribution in [3.63, 3.8) is 0 Å². The van der Waals surface area contributed by atoms with Gasteiger partial charge in [0.2, 0.25) is 0 Å². The Morgan fingerprint density at radius 3 is 2.77 bits per heavy atom. The van der Waals surface area contributed by atoms with Crippen LogP contribution < -0.4 is 11.3 Å². The zero-order valence-electron chi connectivity index (χ0n) is 7.06. The lowest BCUT2D eigenvalue weighted by Crippen LogP contribution is -2.46. The molecule has 6 heteroatoms. The number of hydrogen-bond donors (Lipinski definition) is 2. The van der Waals surface area contributed by atoms with E-state index in [-0.39, 0.29) is 6.61 Å². The summed E-state index contributed by atoms with van der Waals surface area (Å²) in [4.78, 5) is 10.4. The highest BCUT2D eigenvalue weighted by molar-refractivity contribution is 5.82. The molecule has 0 heterocycles. The van der Waals surface area contributed by atoms with E-state index in [0.29, 0.717) is 6.42 Å². The van der Waals surface area contributed by atoms with E-state index in [2.05, 4.69) is 17.2 Å². The predicted molar refractivity (Wildman–Crippen MR) is 42.9 cm³/mol. The Bertz CT molecular complexity index is 185. The number of nitrogens with two attached hydrogens (primary N) is 1. The molecule has 0 spiro atoms. The minimum absolute atomic E-state index is 0.108. The molecule has 0 atom stereocenters. The third kappa shape index (κ3) is 4.54. The monoisotopic (exact) mass is 194 g/mol. The first-order valence-corrected chi connectivity index (χ1v) is 3.62. The molecule has 0 aliphatic carbocycles. The maximum absolute atomic E-state index is 12.6. The molecule has 0 fully saturated rings. The maximum Gasteiger partial charge on any atom is 0.348 e. The summed E-state index contributed by atoms with van der Waals surface area (Å²) in [6, 6.07) is 0. The average molecular weight is 194 g/mol. The predicted octanol–water partition coefficient (Wildman–Crippen LogP) is 0.204. The number of ether oxygens (including phenoxy) is 1. The van der Waals surface area contributed by atoms with E-state index in [0.717, 1.165) is 0 Å². The van der Waals surface area contributed by atoms with Crippen molar-refractivity contribution in [3.8, 4) is 0 Å². The molecule has 4 nitrogen and oxygen atoms in total. The van der Waals surface area contributed by atoms with Crippen molar-refractivity contribution in [1.29, 1.82) is 0 Å². The van der Waals surface area contributed by atoms with Crippen LogP contribution in [0.2, 0.25) is 0 Å². The molecule has 0 saturated heterocycles. The van der Waals surface area contributed by atoms with Gasteiger partial charge in [0.05, 0.1) is 6.61 Å². The second-order valence-electron chi connectivity index (χ2n) is 2.31. The Balaban J connectivity index is 3.75. The number of amides is 1. The van der Waals surface area contributed by atoms with Gasteiger partial charge in [-0.15, -0.1) is 6.58 Å². The third-order valence-electron chi connectivity index (χ3n) is 1.21. The molecular formula is C7H12F2N2O2. The fraction of sp³-hybridized carbons (Fsp3) is 0.571. The second-order valence-corrected chi connectivity index (χ2v) is 2.31. The second kappa shape index (κ2) is 5.60. The lowest BCUT2D eigenvalue weighted by Gasteiger charge is -2.13. The van der Waals surface area contributed by atoms with Crippen molar-refractivity contribution < 1.29 is 18.3 Å². The highest BCUT2D eigenvalue weighted by Crippen LogP contribution is 2.13. The van der Waals surface area contributed by atoms with Crippen LogP contribution in [-0.4, -0.2) is 25.0 Å². The van der Waals surface area contributed by atoms with E-state index in [1.54, 1.807) is 0 Å². The molecule has 0 rings (SSSR count). The third-order valence-corrected chi connectivity index (χ3v) is 1.21. The maximum atomic E-state index is 12.6. The molecule has 0 aliphatic heterocycles. The van der Waals surface area contributed by atoms with E-state index < -0.39 is 18.4 Å². The van der Waals surface area contributed by atoms with E-state index >= 15 is 0 Å². The van der Waals surface area contributed by atoms with Crippen LogP contribution in [0.3, 0.4) is 0 Å². The molecule has 0 unspecified atom stereocenters. The Morgan fingerprint density at radius 1 is 1.69 bits per heavy atom. The van der Waals surface area contributed by atoms with Crippen LogP contribution in [0.1, 0.15) is 6.42 Å². The van der Waals surface area contributed by atoms with Gasteiger partial charge in [-0.1, -0.05) is 6.08 Å². The molecule has 0 aromatic heterocycles. The standard InChI is InChI=1S/C7H12F2N2O2/c1-2-3-4-13-5-7(8,9)6(12)11-10/h2H,1,3-5,10H2,(H,11,12). The van der Waals surface area contributed by atoms with E-state index in [4.69, 9.17) is 0 Å². The van der Waals surface area contributed by atoms with Gasteiger partial charge in [0.15, 0.2) is 0 Å². The fourth-order valence-corrected chi connectivity index (χ4v) is 0.538. The minimum Gasteiger partial charge on any atom is -0.374 e. The van der Waals surface area contributed by atoms with Crippen LogP contribution in [0, 0.1) is 0 Å². The van der Waals surface area contributed by atoms with Crippen LogP contribution in [0.5, 0.6) is 0 Å². The summed E-state index contributed by atoms with van der Waals surface area (Å²) < 4.78 is 29.7. The van der Waals surface area contributed by atoms with Gasteiger partial charge in [-0.2, -0.15) is 8.78 Å². The summed E-state index contributed by atoms with van der Waals surface area (Å²) in [6.45, 7) is 2.52. The summed E-state index contributed by atoms with van der Waals surface area (Å²) in [5, 5.41) is 0. The molecule has 0 aromatic carbocycles. The SMILES string of the molecule is C=CCCOCC(F)(F)C(=O)NN. The molecule has 3 N–H and O–H groups in total. The summed E-state index contributed by atoms with van der Waals surface area (Å²) in [6.07, 6.45) is 1.99. The van der Waals surface area contributed by atoms with Crippen molar-refractivity contribution in [2.24, 2.45) is 5.84 Å². The summed E-state index contributed by atoms with van der Waals surface area (Å²) in [5.74, 6) is -0.586. The van der Waals surface area contributed by atoms with Gasteiger partial charge < -0.3 is 4.74 Å². The lowest BCUT2D eigenvalue weighted by atomic mass is 10.3. The number of rotatable bonds is 6. The highest BCUT2D eigenvalue weighted by atomic mass is 19.3. The summed E-state index contributed by atoms with van der Waals surface area (Å²) >= 11 is 0. The number of alkyl halides is 2. The topological polar surface area (TPSA) is 64.3 Å². The van der Waals surface area contributed by atoms with Crippen molar-refractivity contribution >= 4 is 5.91 Å². The number of halogens is 2. The molecule has 0 radical (unpaired) electrons. The quantitative estimate of drug-likeness (QED) is 0.209. The van der Waals surface area contributed by atoms with Gasteiger partial charge in [0.25, 0.3) is 0 Å². The van der Waals surface area contributed by atoms with Crippen molar-refractivity contribution in [1.82, 2.24) is 5.43 Å². The van der Waals surface area contributed by atoms with Crippen LogP contribution >= 0.6 is 0 Å². The van der Waals surface area contributed by atoms with Gasteiger partial charge >= 0.3 is 11.8 Å². The van der Waals surface area contributed by atoms with Crippen molar-refractivity contribution in [2.45, 2.75) is 12.3 Å². The normalized spacial score (nSPS) is 11.0. The largest absolute Gasteiger partial charge is 0.374 e. The smallest absolute Gasteiger partial charge is 0.348 e. The van der Waals surface area contributed by atoms with Crippen molar-refractivity contribution in [2.75, 3.05) is 13.2 Å². The first-order chi connectivity index (χ1) is 6.04. The number of carbonyl (C=O) groups excluding carboxylic acids is 1. The van der Waals surface area contributed by atoms with Gasteiger partial charge in [-0.05, 0) is 6.42 Å². The van der Waals surface area contributed by atoms with E-state index in [9.17, 15) is 13.6 Å². The average Bonchev–Trinajstić information content (AvgIpc) is 2.11. The molecule has 76 valence electrons. The first-order valence-electron chi connectivity index (χ1n) is 3.62. The van der Waals surface area contributed by atoms with E-state index in [1.807, 2.05) is 0 Å². The van der Waals surface area contributed by atoms with Gasteiger partial charge in [0, 0.05) is 0 Å². The molecule has 0 aromatic rings. The molecule has 0 saturated carbocycles. The Hall–Kier alpha value is -1.01. The van der Waals surface area contributed by atoms with Crippen LogP contribution in [0.15, 0.2) is 12.7 Å². The molecular weight excluding hydrogens is 182 g/mol. The van der Waals surface area contributed by atoms with Crippen LogP contribution in [0.4, 0.5) is 8.78 Å². The molecule has 0 bridgehead atoms. The number of carbonyl (C=O) groups is 1. The zero-order valence-corrected chi connectivity index (χ0v) is 7.06. The number of nitrogens with one attached hydrogen (secondary N) is 1. The lowest BCUT2D eigenvalue weighted by molar-refractivity contribution is -0.154. The molecule has 1 amide bonds. The summed E-state index contributed by atoms with van der Waals surface area (Å²) in [5.41, 5.74) is 1.36. The Morgan fingerprint density at radius 2 is 2.31 bits per heavy atom. The Labute approximate surface area is 74.7 Å². The van der Waals surface area contributed by atoms with Crippen molar-refractivity contribution in [3.05, 3.63) is 12.7 Å². The van der Waals surface area contributed by atoms with Crippen LogP contribution in [0.25, 0.3) is 0 Å². The molecule has 13 heavy (non-hydrogen) atoms. The number of hydrazine groups is 1. The zero-order chi connectivity index (χ0) is 10.3. The fourth-order valence-electron chi connectivity index (χ4n) is 0.538. The Kier molecular flexibility index (Phi) is 5.17.